The molecule has 0 N–H and O–H groups in total. The zero-order valence-electron chi connectivity index (χ0n) is 10.0. The predicted octanol–water partition coefficient (Wildman–Crippen LogP) is 2.25. The van der Waals surface area contributed by atoms with Crippen LogP contribution in [0.5, 0.6) is 5.88 Å². The van der Waals surface area contributed by atoms with Crippen LogP contribution in [-0.4, -0.2) is 36.0 Å². The van der Waals surface area contributed by atoms with E-state index in [-0.39, 0.29) is 0 Å². The van der Waals surface area contributed by atoms with Crippen LogP contribution in [0.2, 0.25) is 0 Å². The summed E-state index contributed by atoms with van der Waals surface area (Å²) in [5.74, 6) is 1.97. The van der Waals surface area contributed by atoms with Crippen molar-refractivity contribution >= 4 is 17.5 Å². The fourth-order valence-electron chi connectivity index (χ4n) is 1.42. The minimum atomic E-state index is 0.604. The molecule has 0 saturated heterocycles. The number of aryl methyl sites for hydroxylation is 1. The fourth-order valence-corrected chi connectivity index (χ4v) is 1.54. The fraction of sp³-hybridized carbons (Fsp3) is 0.636. The van der Waals surface area contributed by atoms with Gasteiger partial charge in [-0.2, -0.15) is 4.98 Å². The van der Waals surface area contributed by atoms with Crippen LogP contribution in [0.1, 0.15) is 19.0 Å². The Labute approximate surface area is 102 Å². The minimum Gasteiger partial charge on any atom is -0.481 e. The number of aromatic nitrogens is 2. The summed E-state index contributed by atoms with van der Waals surface area (Å²) in [5.41, 5.74) is 0.908. The molecule has 1 aromatic rings. The molecule has 0 fully saturated rings. The Morgan fingerprint density at radius 1 is 1.44 bits per heavy atom. The molecule has 0 saturated carbocycles. The molecule has 0 atom stereocenters. The first kappa shape index (κ1) is 13.0. The van der Waals surface area contributed by atoms with Crippen molar-refractivity contribution in [3.63, 3.8) is 0 Å². The molecule has 0 radical (unpaired) electrons. The van der Waals surface area contributed by atoms with Crippen LogP contribution in [0.3, 0.4) is 0 Å². The third-order valence-electron chi connectivity index (χ3n) is 2.25. The number of methoxy groups -OCH3 is 1. The van der Waals surface area contributed by atoms with Crippen molar-refractivity contribution in [1.82, 2.24) is 9.97 Å². The largest absolute Gasteiger partial charge is 0.481 e. The molecule has 0 amide bonds. The van der Waals surface area contributed by atoms with Gasteiger partial charge in [0.15, 0.2) is 0 Å². The van der Waals surface area contributed by atoms with Gasteiger partial charge in [0.05, 0.1) is 7.11 Å². The lowest BCUT2D eigenvalue weighted by atomic mass is 10.4. The van der Waals surface area contributed by atoms with E-state index in [2.05, 4.69) is 21.8 Å². The second-order valence-corrected chi connectivity index (χ2v) is 3.85. The standard InChI is InChI=1S/C11H18ClN3O/c1-4-15(7-5-6-12)11-13-9(2)8-10(14-11)16-3/h8H,4-7H2,1-3H3. The number of ether oxygens (including phenoxy) is 1. The van der Waals surface area contributed by atoms with E-state index in [0.717, 1.165) is 25.2 Å². The van der Waals surface area contributed by atoms with Gasteiger partial charge in [-0.15, -0.1) is 11.6 Å². The Balaban J connectivity index is 2.86. The van der Waals surface area contributed by atoms with E-state index in [1.54, 1.807) is 7.11 Å². The Kier molecular flexibility index (Phi) is 5.32. The van der Waals surface area contributed by atoms with E-state index in [0.29, 0.717) is 17.7 Å². The highest BCUT2D eigenvalue weighted by Crippen LogP contribution is 2.15. The van der Waals surface area contributed by atoms with Gasteiger partial charge in [-0.1, -0.05) is 0 Å². The molecular weight excluding hydrogens is 226 g/mol. The van der Waals surface area contributed by atoms with Crippen molar-refractivity contribution in [3.05, 3.63) is 11.8 Å². The zero-order valence-corrected chi connectivity index (χ0v) is 10.8. The minimum absolute atomic E-state index is 0.604. The van der Waals surface area contributed by atoms with E-state index in [1.807, 2.05) is 13.0 Å². The van der Waals surface area contributed by atoms with Gasteiger partial charge in [-0.25, -0.2) is 4.98 Å². The molecule has 0 aliphatic heterocycles. The first-order valence-electron chi connectivity index (χ1n) is 5.41. The van der Waals surface area contributed by atoms with Crippen LogP contribution in [0, 0.1) is 6.92 Å². The van der Waals surface area contributed by atoms with Crippen molar-refractivity contribution in [2.75, 3.05) is 31.0 Å². The summed E-state index contributed by atoms with van der Waals surface area (Å²) >= 11 is 5.69. The second-order valence-electron chi connectivity index (χ2n) is 3.47. The third-order valence-corrected chi connectivity index (χ3v) is 2.52. The number of hydrogen-bond donors (Lipinski definition) is 0. The van der Waals surface area contributed by atoms with Crippen LogP contribution in [0.15, 0.2) is 6.07 Å². The number of alkyl halides is 1. The molecule has 0 unspecified atom stereocenters. The molecule has 0 aromatic carbocycles. The van der Waals surface area contributed by atoms with Crippen molar-refractivity contribution in [1.29, 1.82) is 0 Å². The van der Waals surface area contributed by atoms with E-state index in [1.165, 1.54) is 0 Å². The van der Waals surface area contributed by atoms with Gasteiger partial charge in [0.25, 0.3) is 0 Å². The smallest absolute Gasteiger partial charge is 0.228 e. The highest BCUT2D eigenvalue weighted by Gasteiger charge is 2.09. The lowest BCUT2D eigenvalue weighted by Crippen LogP contribution is -2.26. The van der Waals surface area contributed by atoms with Gasteiger partial charge in [-0.3, -0.25) is 0 Å². The van der Waals surface area contributed by atoms with Crippen LogP contribution in [-0.2, 0) is 0 Å². The van der Waals surface area contributed by atoms with Crippen LogP contribution >= 0.6 is 11.6 Å². The second kappa shape index (κ2) is 6.53. The molecule has 0 bridgehead atoms. The lowest BCUT2D eigenvalue weighted by molar-refractivity contribution is 0.396. The summed E-state index contributed by atoms with van der Waals surface area (Å²) < 4.78 is 5.13. The topological polar surface area (TPSA) is 38.2 Å². The number of anilines is 1. The number of rotatable bonds is 6. The molecule has 4 nitrogen and oxygen atoms in total. The van der Waals surface area contributed by atoms with E-state index >= 15 is 0 Å². The Morgan fingerprint density at radius 3 is 2.75 bits per heavy atom. The highest BCUT2D eigenvalue weighted by atomic mass is 35.5. The van der Waals surface area contributed by atoms with Crippen LogP contribution in [0.25, 0.3) is 0 Å². The quantitative estimate of drug-likeness (QED) is 0.719. The Bertz CT molecular complexity index is 333. The molecule has 16 heavy (non-hydrogen) atoms. The zero-order chi connectivity index (χ0) is 12.0. The molecule has 90 valence electrons. The molecule has 1 heterocycles. The summed E-state index contributed by atoms with van der Waals surface area (Å²) in [6.45, 7) is 5.74. The van der Waals surface area contributed by atoms with E-state index < -0.39 is 0 Å². The summed E-state index contributed by atoms with van der Waals surface area (Å²) in [7, 11) is 1.61. The van der Waals surface area contributed by atoms with Crippen molar-refractivity contribution in [2.45, 2.75) is 20.3 Å². The first-order valence-corrected chi connectivity index (χ1v) is 5.95. The normalized spacial score (nSPS) is 10.2. The van der Waals surface area contributed by atoms with Gasteiger partial charge < -0.3 is 9.64 Å². The van der Waals surface area contributed by atoms with Crippen molar-refractivity contribution in [3.8, 4) is 5.88 Å². The summed E-state index contributed by atoms with van der Waals surface area (Å²) in [4.78, 5) is 10.8. The maximum Gasteiger partial charge on any atom is 0.228 e. The summed E-state index contributed by atoms with van der Waals surface area (Å²) in [6, 6.07) is 1.82. The number of halogens is 1. The van der Waals surface area contributed by atoms with Gasteiger partial charge >= 0.3 is 0 Å². The molecule has 0 aliphatic rings. The molecule has 1 aromatic heterocycles. The van der Waals surface area contributed by atoms with Gasteiger partial charge in [0, 0.05) is 30.7 Å². The first-order chi connectivity index (χ1) is 7.71. The lowest BCUT2D eigenvalue weighted by Gasteiger charge is -2.20. The average Bonchev–Trinajstić information content (AvgIpc) is 2.29. The van der Waals surface area contributed by atoms with E-state index in [4.69, 9.17) is 16.3 Å². The maximum absolute atomic E-state index is 5.69. The van der Waals surface area contributed by atoms with E-state index in [9.17, 15) is 0 Å². The van der Waals surface area contributed by atoms with Crippen molar-refractivity contribution in [2.24, 2.45) is 0 Å². The van der Waals surface area contributed by atoms with Crippen molar-refractivity contribution < 1.29 is 4.74 Å². The SMILES string of the molecule is CCN(CCCCl)c1nc(C)cc(OC)n1. The van der Waals surface area contributed by atoms with Gasteiger partial charge in [-0.05, 0) is 20.3 Å². The molecule has 0 aliphatic carbocycles. The summed E-state index contributed by atoms with van der Waals surface area (Å²) in [6.07, 6.45) is 0.926. The predicted molar refractivity (Wildman–Crippen MR) is 66.5 cm³/mol. The van der Waals surface area contributed by atoms with Gasteiger partial charge in [0.2, 0.25) is 11.8 Å². The highest BCUT2D eigenvalue weighted by molar-refractivity contribution is 6.17. The molecular formula is C11H18ClN3O. The van der Waals surface area contributed by atoms with Crippen LogP contribution < -0.4 is 9.64 Å². The Hall–Kier alpha value is -1.03. The molecule has 0 spiro atoms. The number of hydrogen-bond acceptors (Lipinski definition) is 4. The van der Waals surface area contributed by atoms with Gasteiger partial charge in [0.1, 0.15) is 0 Å². The Morgan fingerprint density at radius 2 is 2.19 bits per heavy atom. The monoisotopic (exact) mass is 243 g/mol. The van der Waals surface area contributed by atoms with Crippen LogP contribution in [0.4, 0.5) is 5.95 Å². The third kappa shape index (κ3) is 3.52. The summed E-state index contributed by atoms with van der Waals surface area (Å²) in [5, 5.41) is 0. The average molecular weight is 244 g/mol. The number of nitrogens with zero attached hydrogens (tertiary/aromatic N) is 3. The molecule has 5 heteroatoms. The molecule has 1 rings (SSSR count). The maximum atomic E-state index is 5.69.